The van der Waals surface area contributed by atoms with Crippen molar-refractivity contribution in [2.24, 2.45) is 5.10 Å². The Morgan fingerprint density at radius 3 is 2.60 bits per heavy atom. The van der Waals surface area contributed by atoms with Gasteiger partial charge in [-0.05, 0) is 13.3 Å². The predicted octanol–water partition coefficient (Wildman–Crippen LogP) is 0.903. The number of carbonyl (C=O) groups is 1. The Kier molecular flexibility index (Phi) is 4.54. The van der Waals surface area contributed by atoms with Gasteiger partial charge in [0, 0.05) is 26.7 Å². The Balaban J connectivity index is 3.27. The number of carbonyl (C=O) groups excluding carboxylic acids is 1. The molecule has 0 fully saturated rings. The van der Waals surface area contributed by atoms with Gasteiger partial charge >= 0.3 is 0 Å². The summed E-state index contributed by atoms with van der Waals surface area (Å²) in [7, 11) is 3.70. The molecule has 0 aliphatic rings. The molecular formula is C7H14N2O. The molecule has 0 spiro atoms. The Labute approximate surface area is 61.7 Å². The molecule has 0 radical (unpaired) electrons. The third-order valence-electron chi connectivity index (χ3n) is 0.938. The van der Waals surface area contributed by atoms with E-state index in [1.807, 2.05) is 14.1 Å². The molecule has 0 N–H and O–H groups in total. The first-order valence-corrected chi connectivity index (χ1v) is 3.32. The zero-order valence-electron chi connectivity index (χ0n) is 6.79. The summed E-state index contributed by atoms with van der Waals surface area (Å²) < 4.78 is 0. The summed E-state index contributed by atoms with van der Waals surface area (Å²) in [5.74, 6) is 0.213. The second kappa shape index (κ2) is 4.97. The molecule has 0 aromatic carbocycles. The fourth-order valence-electron chi connectivity index (χ4n) is 0.489. The van der Waals surface area contributed by atoms with Gasteiger partial charge in [0.25, 0.3) is 0 Å². The highest BCUT2D eigenvalue weighted by Gasteiger charge is 1.88. The molecule has 0 atom stereocenters. The van der Waals surface area contributed by atoms with E-state index in [4.69, 9.17) is 0 Å². The molecular weight excluding hydrogens is 128 g/mol. The number of hydrazone groups is 1. The van der Waals surface area contributed by atoms with Crippen LogP contribution in [0, 0.1) is 0 Å². The van der Waals surface area contributed by atoms with Crippen LogP contribution in [0.1, 0.15) is 19.8 Å². The van der Waals surface area contributed by atoms with Gasteiger partial charge in [-0.3, -0.25) is 0 Å². The summed E-state index contributed by atoms with van der Waals surface area (Å²) >= 11 is 0. The minimum absolute atomic E-state index is 0.213. The second-order valence-corrected chi connectivity index (χ2v) is 2.39. The van der Waals surface area contributed by atoms with Crippen molar-refractivity contribution in [1.82, 2.24) is 5.01 Å². The SMILES string of the molecule is CC(=O)CC/C=N/N(C)C. The Morgan fingerprint density at radius 2 is 2.20 bits per heavy atom. The quantitative estimate of drug-likeness (QED) is 0.431. The highest BCUT2D eigenvalue weighted by Crippen LogP contribution is 1.86. The van der Waals surface area contributed by atoms with E-state index in [1.54, 1.807) is 18.1 Å². The van der Waals surface area contributed by atoms with Gasteiger partial charge in [0.15, 0.2) is 0 Å². The molecule has 0 amide bonds. The summed E-state index contributed by atoms with van der Waals surface area (Å²) in [6, 6.07) is 0. The number of ketones is 1. The first-order chi connectivity index (χ1) is 4.63. The molecule has 0 aliphatic carbocycles. The largest absolute Gasteiger partial charge is 0.303 e. The minimum Gasteiger partial charge on any atom is -0.303 e. The highest BCUT2D eigenvalue weighted by atomic mass is 16.1. The molecule has 10 heavy (non-hydrogen) atoms. The van der Waals surface area contributed by atoms with Gasteiger partial charge in [0.2, 0.25) is 0 Å². The van der Waals surface area contributed by atoms with Crippen LogP contribution in [0.5, 0.6) is 0 Å². The van der Waals surface area contributed by atoms with Gasteiger partial charge in [-0.1, -0.05) is 0 Å². The summed E-state index contributed by atoms with van der Waals surface area (Å²) in [4.78, 5) is 10.4. The van der Waals surface area contributed by atoms with Crippen molar-refractivity contribution in [1.29, 1.82) is 0 Å². The van der Waals surface area contributed by atoms with Gasteiger partial charge in [-0.15, -0.1) is 0 Å². The maximum atomic E-state index is 10.4. The average molecular weight is 142 g/mol. The third kappa shape index (κ3) is 7.14. The monoisotopic (exact) mass is 142 g/mol. The topological polar surface area (TPSA) is 32.7 Å². The first kappa shape index (κ1) is 9.14. The van der Waals surface area contributed by atoms with E-state index in [9.17, 15) is 4.79 Å². The van der Waals surface area contributed by atoms with Crippen molar-refractivity contribution >= 4 is 12.0 Å². The van der Waals surface area contributed by atoms with E-state index in [0.717, 1.165) is 6.42 Å². The maximum absolute atomic E-state index is 10.4. The molecule has 0 aromatic heterocycles. The van der Waals surface area contributed by atoms with Gasteiger partial charge in [0.05, 0.1) is 0 Å². The fraction of sp³-hybridized carbons (Fsp3) is 0.714. The first-order valence-electron chi connectivity index (χ1n) is 3.32. The average Bonchev–Trinajstić information content (AvgIpc) is 1.79. The molecule has 0 aliphatic heterocycles. The predicted molar refractivity (Wildman–Crippen MR) is 42.1 cm³/mol. The van der Waals surface area contributed by atoms with Crippen molar-refractivity contribution in [3.05, 3.63) is 0 Å². The van der Waals surface area contributed by atoms with Crippen LogP contribution in [0.15, 0.2) is 5.10 Å². The number of hydrogen-bond acceptors (Lipinski definition) is 3. The van der Waals surface area contributed by atoms with Crippen molar-refractivity contribution < 1.29 is 4.79 Å². The molecule has 0 saturated heterocycles. The van der Waals surface area contributed by atoms with E-state index in [2.05, 4.69) is 5.10 Å². The fourth-order valence-corrected chi connectivity index (χ4v) is 0.489. The lowest BCUT2D eigenvalue weighted by Crippen LogP contribution is -2.01. The summed E-state index contributed by atoms with van der Waals surface area (Å²) in [5.41, 5.74) is 0. The van der Waals surface area contributed by atoms with Crippen LogP contribution in [-0.2, 0) is 4.79 Å². The smallest absolute Gasteiger partial charge is 0.130 e. The van der Waals surface area contributed by atoms with Crippen molar-refractivity contribution in [2.45, 2.75) is 19.8 Å². The van der Waals surface area contributed by atoms with Crippen molar-refractivity contribution in [3.8, 4) is 0 Å². The van der Waals surface area contributed by atoms with Crippen LogP contribution < -0.4 is 0 Å². The molecule has 0 heterocycles. The van der Waals surface area contributed by atoms with Crippen LogP contribution in [0.2, 0.25) is 0 Å². The second-order valence-electron chi connectivity index (χ2n) is 2.39. The molecule has 0 unspecified atom stereocenters. The lowest BCUT2D eigenvalue weighted by molar-refractivity contribution is -0.116. The molecule has 3 heteroatoms. The Bertz CT molecular complexity index is 130. The molecule has 0 aromatic rings. The van der Waals surface area contributed by atoms with E-state index >= 15 is 0 Å². The van der Waals surface area contributed by atoms with Crippen molar-refractivity contribution in [2.75, 3.05) is 14.1 Å². The normalized spacial score (nSPS) is 10.3. The lowest BCUT2D eigenvalue weighted by atomic mass is 10.2. The van der Waals surface area contributed by atoms with E-state index < -0.39 is 0 Å². The molecule has 0 bridgehead atoms. The third-order valence-corrected chi connectivity index (χ3v) is 0.938. The summed E-state index contributed by atoms with van der Waals surface area (Å²) in [5, 5.41) is 5.66. The van der Waals surface area contributed by atoms with Crippen LogP contribution >= 0.6 is 0 Å². The lowest BCUT2D eigenvalue weighted by Gasteiger charge is -2.00. The standard InChI is InChI=1S/C7H14N2O/c1-7(10)5-4-6-8-9(2)3/h6H,4-5H2,1-3H3/b8-6+. The van der Waals surface area contributed by atoms with Crippen LogP contribution in [0.4, 0.5) is 0 Å². The van der Waals surface area contributed by atoms with Gasteiger partial charge in [0.1, 0.15) is 5.78 Å². The Morgan fingerprint density at radius 1 is 1.60 bits per heavy atom. The molecule has 3 nitrogen and oxygen atoms in total. The minimum atomic E-state index is 0.213. The van der Waals surface area contributed by atoms with Gasteiger partial charge in [-0.25, -0.2) is 0 Å². The number of rotatable bonds is 4. The molecule has 0 rings (SSSR count). The summed E-state index contributed by atoms with van der Waals surface area (Å²) in [6.07, 6.45) is 3.09. The summed E-state index contributed by atoms with van der Waals surface area (Å²) in [6.45, 7) is 1.59. The zero-order valence-corrected chi connectivity index (χ0v) is 6.79. The highest BCUT2D eigenvalue weighted by molar-refractivity contribution is 5.78. The zero-order chi connectivity index (χ0) is 7.98. The van der Waals surface area contributed by atoms with Crippen LogP contribution in [0.25, 0.3) is 0 Å². The van der Waals surface area contributed by atoms with Crippen molar-refractivity contribution in [3.63, 3.8) is 0 Å². The number of nitrogens with zero attached hydrogens (tertiary/aromatic N) is 2. The van der Waals surface area contributed by atoms with E-state index in [1.165, 1.54) is 0 Å². The van der Waals surface area contributed by atoms with Gasteiger partial charge < -0.3 is 9.80 Å². The van der Waals surface area contributed by atoms with E-state index in [0.29, 0.717) is 6.42 Å². The maximum Gasteiger partial charge on any atom is 0.130 e. The van der Waals surface area contributed by atoms with Crippen LogP contribution in [-0.4, -0.2) is 31.1 Å². The van der Waals surface area contributed by atoms with Crippen LogP contribution in [0.3, 0.4) is 0 Å². The molecule has 0 saturated carbocycles. The van der Waals surface area contributed by atoms with E-state index in [-0.39, 0.29) is 5.78 Å². The van der Waals surface area contributed by atoms with Gasteiger partial charge in [-0.2, -0.15) is 5.10 Å². The number of Topliss-reactive ketones (excluding diaryl/α,β-unsaturated/α-hetero) is 1. The molecule has 58 valence electrons. The number of hydrogen-bond donors (Lipinski definition) is 0. The Hall–Kier alpha value is -0.860.